The van der Waals surface area contributed by atoms with E-state index < -0.39 is 0 Å². The summed E-state index contributed by atoms with van der Waals surface area (Å²) in [7, 11) is 7.50. The zero-order valence-electron chi connectivity index (χ0n) is 16.7. The maximum Gasteiger partial charge on any atom is 0.191 e. The smallest absolute Gasteiger partial charge is 0.191 e. The normalized spacial score (nSPS) is 12.8. The number of nitrogens with one attached hydrogen (secondary N) is 2. The van der Waals surface area contributed by atoms with Gasteiger partial charge in [-0.1, -0.05) is 30.3 Å². The van der Waals surface area contributed by atoms with E-state index in [4.69, 9.17) is 4.74 Å². The van der Waals surface area contributed by atoms with Gasteiger partial charge in [-0.25, -0.2) is 4.39 Å². The van der Waals surface area contributed by atoms with Gasteiger partial charge in [0, 0.05) is 25.7 Å². The van der Waals surface area contributed by atoms with Gasteiger partial charge in [-0.15, -0.1) is 0 Å². The summed E-state index contributed by atoms with van der Waals surface area (Å²) in [5, 5.41) is 6.64. The fourth-order valence-electron chi connectivity index (χ4n) is 2.93. The number of guanidine groups is 1. The van der Waals surface area contributed by atoms with E-state index >= 15 is 0 Å². The van der Waals surface area contributed by atoms with E-state index in [1.54, 1.807) is 27.1 Å². The van der Waals surface area contributed by atoms with Gasteiger partial charge in [-0.05, 0) is 44.3 Å². The molecule has 0 bridgehead atoms. The van der Waals surface area contributed by atoms with E-state index in [-0.39, 0.29) is 11.9 Å². The first-order valence-corrected chi connectivity index (χ1v) is 8.95. The highest BCUT2D eigenvalue weighted by Crippen LogP contribution is 2.27. The fraction of sp³-hybridized carbons (Fsp3) is 0.381. The van der Waals surface area contributed by atoms with Crippen molar-refractivity contribution in [2.45, 2.75) is 19.5 Å². The van der Waals surface area contributed by atoms with Gasteiger partial charge in [0.05, 0.1) is 13.2 Å². The van der Waals surface area contributed by atoms with Crippen LogP contribution in [0.15, 0.2) is 47.5 Å². The van der Waals surface area contributed by atoms with Gasteiger partial charge >= 0.3 is 0 Å². The van der Waals surface area contributed by atoms with E-state index in [0.29, 0.717) is 24.6 Å². The maximum absolute atomic E-state index is 13.4. The van der Waals surface area contributed by atoms with Crippen molar-refractivity contribution in [3.63, 3.8) is 0 Å². The molecule has 0 aromatic heterocycles. The van der Waals surface area contributed by atoms with Crippen LogP contribution in [0.2, 0.25) is 0 Å². The molecule has 0 aliphatic carbocycles. The number of hydrogen-bond donors (Lipinski definition) is 2. The molecule has 0 aliphatic heterocycles. The van der Waals surface area contributed by atoms with E-state index in [9.17, 15) is 4.39 Å². The molecule has 2 aromatic carbocycles. The second kappa shape index (κ2) is 9.92. The largest absolute Gasteiger partial charge is 0.496 e. The van der Waals surface area contributed by atoms with Crippen molar-refractivity contribution in [3.05, 3.63) is 65.0 Å². The molecule has 0 amide bonds. The molecule has 27 heavy (non-hydrogen) atoms. The minimum absolute atomic E-state index is 0.118. The Bertz CT molecular complexity index is 777. The van der Waals surface area contributed by atoms with Crippen molar-refractivity contribution in [2.75, 3.05) is 34.8 Å². The number of aliphatic imine (C=N–C) groups is 1. The molecule has 146 valence electrons. The molecule has 0 aliphatic rings. The van der Waals surface area contributed by atoms with Gasteiger partial charge in [-0.3, -0.25) is 4.99 Å². The second-order valence-electron chi connectivity index (χ2n) is 6.61. The monoisotopic (exact) mass is 372 g/mol. The number of benzene rings is 2. The lowest BCUT2D eigenvalue weighted by molar-refractivity contribution is 0.287. The molecular weight excluding hydrogens is 343 g/mol. The predicted octanol–water partition coefficient (Wildman–Crippen LogP) is 3.11. The Kier molecular flexibility index (Phi) is 7.61. The topological polar surface area (TPSA) is 48.9 Å². The molecule has 0 radical (unpaired) electrons. The number of hydrogen-bond acceptors (Lipinski definition) is 3. The zero-order chi connectivity index (χ0) is 19.8. The number of para-hydroxylation sites is 1. The highest BCUT2D eigenvalue weighted by Gasteiger charge is 2.18. The molecule has 6 heteroatoms. The van der Waals surface area contributed by atoms with E-state index in [0.717, 1.165) is 16.9 Å². The van der Waals surface area contributed by atoms with Crippen molar-refractivity contribution >= 4 is 5.96 Å². The maximum atomic E-state index is 13.4. The van der Waals surface area contributed by atoms with Gasteiger partial charge in [0.2, 0.25) is 0 Å². The van der Waals surface area contributed by atoms with Crippen LogP contribution in [0.1, 0.15) is 22.7 Å². The van der Waals surface area contributed by atoms with E-state index in [1.807, 2.05) is 38.4 Å². The molecule has 0 saturated carbocycles. The van der Waals surface area contributed by atoms with Crippen LogP contribution in [0.25, 0.3) is 0 Å². The van der Waals surface area contributed by atoms with Crippen LogP contribution < -0.4 is 15.4 Å². The molecule has 2 N–H and O–H groups in total. The Hall–Kier alpha value is -2.60. The summed E-state index contributed by atoms with van der Waals surface area (Å²) in [4.78, 5) is 6.42. The molecule has 0 heterocycles. The lowest BCUT2D eigenvalue weighted by atomic mass is 10.0. The van der Waals surface area contributed by atoms with Crippen LogP contribution in [0, 0.1) is 12.7 Å². The molecular formula is C21H29FN4O. The third kappa shape index (κ3) is 5.69. The van der Waals surface area contributed by atoms with Crippen LogP contribution in [0.4, 0.5) is 4.39 Å². The Morgan fingerprint density at radius 3 is 2.56 bits per heavy atom. The van der Waals surface area contributed by atoms with Gasteiger partial charge in [-0.2, -0.15) is 0 Å². The summed E-state index contributed by atoms with van der Waals surface area (Å²) in [6.07, 6.45) is 0. The Balaban J connectivity index is 2.01. The van der Waals surface area contributed by atoms with E-state index in [2.05, 4.69) is 26.6 Å². The summed E-state index contributed by atoms with van der Waals surface area (Å²) in [6.45, 7) is 3.00. The number of nitrogens with zero attached hydrogens (tertiary/aromatic N) is 2. The minimum atomic E-state index is -0.188. The first-order valence-electron chi connectivity index (χ1n) is 8.95. The highest BCUT2D eigenvalue weighted by molar-refractivity contribution is 5.79. The van der Waals surface area contributed by atoms with Crippen LogP contribution in [-0.2, 0) is 6.54 Å². The third-order valence-electron chi connectivity index (χ3n) is 4.49. The summed E-state index contributed by atoms with van der Waals surface area (Å²) in [5.74, 6) is 1.37. The lowest BCUT2D eigenvalue weighted by Crippen LogP contribution is -2.41. The quantitative estimate of drug-likeness (QED) is 0.579. The van der Waals surface area contributed by atoms with Crippen molar-refractivity contribution in [1.82, 2.24) is 15.5 Å². The number of halogens is 1. The number of ether oxygens (including phenoxy) is 1. The van der Waals surface area contributed by atoms with Crippen LogP contribution in [0.3, 0.4) is 0 Å². The predicted molar refractivity (Wildman–Crippen MR) is 109 cm³/mol. The molecule has 1 unspecified atom stereocenters. The Morgan fingerprint density at radius 1 is 1.19 bits per heavy atom. The van der Waals surface area contributed by atoms with Crippen molar-refractivity contribution < 1.29 is 9.13 Å². The molecule has 0 saturated heterocycles. The average molecular weight is 372 g/mol. The molecule has 2 rings (SSSR count). The number of likely N-dealkylation sites (N-methyl/N-ethyl adjacent to an activating group) is 1. The zero-order valence-corrected chi connectivity index (χ0v) is 16.7. The summed E-state index contributed by atoms with van der Waals surface area (Å²) in [5.41, 5.74) is 2.76. The summed E-state index contributed by atoms with van der Waals surface area (Å²) in [6, 6.07) is 13.2. The van der Waals surface area contributed by atoms with Gasteiger partial charge < -0.3 is 20.3 Å². The highest BCUT2D eigenvalue weighted by atomic mass is 19.1. The van der Waals surface area contributed by atoms with E-state index in [1.165, 1.54) is 6.07 Å². The number of rotatable bonds is 7. The molecule has 0 spiro atoms. The Labute approximate surface area is 161 Å². The first kappa shape index (κ1) is 20.7. The van der Waals surface area contributed by atoms with Gasteiger partial charge in [0.1, 0.15) is 11.6 Å². The summed E-state index contributed by atoms with van der Waals surface area (Å²) < 4.78 is 18.9. The van der Waals surface area contributed by atoms with Crippen molar-refractivity contribution in [1.29, 1.82) is 0 Å². The standard InChI is InChI=1S/C21H29FN4O/c1-15-12-16(10-11-18(15)22)13-24-21(23-2)25-14-19(26(3)4)17-8-6-7-9-20(17)27-5/h6-12,19H,13-14H2,1-5H3,(H2,23,24,25). The average Bonchev–Trinajstić information content (AvgIpc) is 2.67. The number of methoxy groups -OCH3 is 1. The van der Waals surface area contributed by atoms with Gasteiger partial charge in [0.15, 0.2) is 5.96 Å². The van der Waals surface area contributed by atoms with Crippen molar-refractivity contribution in [3.8, 4) is 5.75 Å². The van der Waals surface area contributed by atoms with Crippen LogP contribution >= 0.6 is 0 Å². The van der Waals surface area contributed by atoms with Gasteiger partial charge in [0.25, 0.3) is 0 Å². The molecule has 0 fully saturated rings. The van der Waals surface area contributed by atoms with Crippen molar-refractivity contribution in [2.24, 2.45) is 4.99 Å². The first-order chi connectivity index (χ1) is 13.0. The second-order valence-corrected chi connectivity index (χ2v) is 6.61. The van der Waals surface area contributed by atoms with Crippen LogP contribution in [0.5, 0.6) is 5.75 Å². The summed E-state index contributed by atoms with van der Waals surface area (Å²) >= 11 is 0. The SMILES string of the molecule is CN=C(NCc1ccc(F)c(C)c1)NCC(c1ccccc1OC)N(C)C. The number of aryl methyl sites for hydroxylation is 1. The lowest BCUT2D eigenvalue weighted by Gasteiger charge is -2.27. The fourth-order valence-corrected chi connectivity index (χ4v) is 2.93. The third-order valence-corrected chi connectivity index (χ3v) is 4.49. The Morgan fingerprint density at radius 2 is 1.93 bits per heavy atom. The minimum Gasteiger partial charge on any atom is -0.496 e. The molecule has 1 atom stereocenters. The molecule has 2 aromatic rings. The van der Waals surface area contributed by atoms with Crippen LogP contribution in [-0.4, -0.2) is 45.7 Å². The molecule has 5 nitrogen and oxygen atoms in total.